The van der Waals surface area contributed by atoms with Crippen LogP contribution in [-0.2, 0) is 0 Å². The first-order valence-corrected chi connectivity index (χ1v) is 6.95. The standard InChI is InChI=1S/C15H21NO2/c17-10-13-5-3-4-8-16(13)9-12-11-18-15-7-2-1-6-14(12)15/h1-2,6-7,12-13,17H,3-5,8-11H2. The van der Waals surface area contributed by atoms with Gasteiger partial charge in [0.05, 0.1) is 13.2 Å². The van der Waals surface area contributed by atoms with Crippen molar-refractivity contribution in [2.45, 2.75) is 31.2 Å². The minimum absolute atomic E-state index is 0.287. The van der Waals surface area contributed by atoms with Gasteiger partial charge in [0.1, 0.15) is 5.75 Å². The van der Waals surface area contributed by atoms with Crippen LogP contribution in [0.25, 0.3) is 0 Å². The first-order valence-electron chi connectivity index (χ1n) is 6.95. The summed E-state index contributed by atoms with van der Waals surface area (Å²) in [5, 5.41) is 9.46. The highest BCUT2D eigenvalue weighted by atomic mass is 16.5. The van der Waals surface area contributed by atoms with Crippen LogP contribution in [0.15, 0.2) is 24.3 Å². The second-order valence-corrected chi connectivity index (χ2v) is 5.37. The third-order valence-electron chi connectivity index (χ3n) is 4.21. The molecule has 0 aromatic heterocycles. The van der Waals surface area contributed by atoms with Crippen molar-refractivity contribution in [2.24, 2.45) is 0 Å². The van der Waals surface area contributed by atoms with Crippen LogP contribution in [0.3, 0.4) is 0 Å². The van der Waals surface area contributed by atoms with Crippen LogP contribution in [0.5, 0.6) is 5.75 Å². The second kappa shape index (κ2) is 5.29. The van der Waals surface area contributed by atoms with Gasteiger partial charge in [0, 0.05) is 24.1 Å². The Hall–Kier alpha value is -1.06. The molecule has 18 heavy (non-hydrogen) atoms. The minimum atomic E-state index is 0.287. The number of hydrogen-bond acceptors (Lipinski definition) is 3. The molecule has 1 fully saturated rings. The third-order valence-corrected chi connectivity index (χ3v) is 4.21. The van der Waals surface area contributed by atoms with Crippen molar-refractivity contribution in [3.8, 4) is 5.75 Å². The molecule has 2 aliphatic rings. The number of piperidine rings is 1. The van der Waals surface area contributed by atoms with E-state index in [1.54, 1.807) is 0 Å². The normalized spacial score (nSPS) is 27.8. The second-order valence-electron chi connectivity index (χ2n) is 5.37. The summed E-state index contributed by atoms with van der Waals surface area (Å²) in [4.78, 5) is 2.44. The molecule has 98 valence electrons. The lowest BCUT2D eigenvalue weighted by Crippen LogP contribution is -2.44. The molecule has 1 aromatic rings. The molecule has 2 atom stereocenters. The van der Waals surface area contributed by atoms with Crippen LogP contribution in [0.1, 0.15) is 30.7 Å². The fourth-order valence-electron chi connectivity index (χ4n) is 3.17. The number of ether oxygens (including phenoxy) is 1. The van der Waals surface area contributed by atoms with Crippen LogP contribution in [0.4, 0.5) is 0 Å². The van der Waals surface area contributed by atoms with Gasteiger partial charge in [-0.1, -0.05) is 24.6 Å². The predicted molar refractivity (Wildman–Crippen MR) is 71.0 cm³/mol. The Kier molecular flexibility index (Phi) is 3.52. The van der Waals surface area contributed by atoms with E-state index in [0.29, 0.717) is 12.0 Å². The summed E-state index contributed by atoms with van der Waals surface area (Å²) in [5.74, 6) is 1.51. The summed E-state index contributed by atoms with van der Waals surface area (Å²) in [6.45, 7) is 3.20. The lowest BCUT2D eigenvalue weighted by molar-refractivity contribution is 0.0821. The van der Waals surface area contributed by atoms with Gasteiger partial charge in [-0.05, 0) is 25.5 Å². The molecular weight excluding hydrogens is 226 g/mol. The van der Waals surface area contributed by atoms with Crippen molar-refractivity contribution in [3.63, 3.8) is 0 Å². The highest BCUT2D eigenvalue weighted by Crippen LogP contribution is 2.34. The summed E-state index contributed by atoms with van der Waals surface area (Å²) >= 11 is 0. The van der Waals surface area contributed by atoms with Gasteiger partial charge in [0.2, 0.25) is 0 Å². The molecule has 1 N–H and O–H groups in total. The number of likely N-dealkylation sites (tertiary alicyclic amines) is 1. The van der Waals surface area contributed by atoms with Gasteiger partial charge in [0.25, 0.3) is 0 Å². The fraction of sp³-hybridized carbons (Fsp3) is 0.600. The largest absolute Gasteiger partial charge is 0.493 e. The molecule has 0 bridgehead atoms. The Bertz CT molecular complexity index is 407. The number of aliphatic hydroxyl groups is 1. The molecule has 0 spiro atoms. The van der Waals surface area contributed by atoms with Crippen LogP contribution in [-0.4, -0.2) is 42.4 Å². The number of para-hydroxylation sites is 1. The Labute approximate surface area is 108 Å². The molecule has 3 nitrogen and oxygen atoms in total. The van der Waals surface area contributed by atoms with E-state index in [2.05, 4.69) is 23.1 Å². The van der Waals surface area contributed by atoms with E-state index in [0.717, 1.165) is 31.9 Å². The number of fused-ring (bicyclic) bond motifs is 1. The highest BCUT2D eigenvalue weighted by Gasteiger charge is 2.29. The van der Waals surface area contributed by atoms with E-state index in [1.807, 2.05) is 6.07 Å². The van der Waals surface area contributed by atoms with Gasteiger partial charge >= 0.3 is 0 Å². The molecule has 1 aromatic carbocycles. The quantitative estimate of drug-likeness (QED) is 0.887. The van der Waals surface area contributed by atoms with Crippen LogP contribution >= 0.6 is 0 Å². The monoisotopic (exact) mass is 247 g/mol. The third kappa shape index (κ3) is 2.25. The van der Waals surface area contributed by atoms with Gasteiger partial charge in [0.15, 0.2) is 0 Å². The molecule has 0 saturated carbocycles. The Morgan fingerprint density at radius 2 is 2.17 bits per heavy atom. The number of hydrogen-bond donors (Lipinski definition) is 1. The van der Waals surface area contributed by atoms with Crippen molar-refractivity contribution >= 4 is 0 Å². The van der Waals surface area contributed by atoms with E-state index >= 15 is 0 Å². The summed E-state index contributed by atoms with van der Waals surface area (Å²) in [5.41, 5.74) is 1.33. The summed E-state index contributed by atoms with van der Waals surface area (Å²) in [6, 6.07) is 8.69. The van der Waals surface area contributed by atoms with E-state index in [1.165, 1.54) is 18.4 Å². The predicted octanol–water partition coefficient (Wildman–Crippen LogP) is 2.01. The molecular formula is C15H21NO2. The fourth-order valence-corrected chi connectivity index (χ4v) is 3.17. The molecule has 2 unspecified atom stereocenters. The smallest absolute Gasteiger partial charge is 0.122 e. The number of benzene rings is 1. The van der Waals surface area contributed by atoms with Gasteiger partial charge in [-0.25, -0.2) is 0 Å². The Balaban J connectivity index is 1.70. The minimum Gasteiger partial charge on any atom is -0.493 e. The SMILES string of the molecule is OCC1CCCCN1CC1COc2ccccc21. The summed E-state index contributed by atoms with van der Waals surface area (Å²) in [6.07, 6.45) is 3.64. The van der Waals surface area contributed by atoms with Gasteiger partial charge in [-0.2, -0.15) is 0 Å². The summed E-state index contributed by atoms with van der Waals surface area (Å²) in [7, 11) is 0. The number of rotatable bonds is 3. The summed E-state index contributed by atoms with van der Waals surface area (Å²) < 4.78 is 5.73. The van der Waals surface area contributed by atoms with Crippen LogP contribution in [0.2, 0.25) is 0 Å². The van der Waals surface area contributed by atoms with Crippen molar-refractivity contribution in [1.29, 1.82) is 0 Å². The first kappa shape index (κ1) is 12.0. The van der Waals surface area contributed by atoms with Gasteiger partial charge < -0.3 is 9.84 Å². The lowest BCUT2D eigenvalue weighted by atomic mass is 9.97. The van der Waals surface area contributed by atoms with E-state index in [9.17, 15) is 5.11 Å². The zero-order valence-corrected chi connectivity index (χ0v) is 10.7. The maximum Gasteiger partial charge on any atom is 0.122 e. The molecule has 2 heterocycles. The number of aliphatic hydroxyl groups excluding tert-OH is 1. The van der Waals surface area contributed by atoms with E-state index < -0.39 is 0 Å². The van der Waals surface area contributed by atoms with Gasteiger partial charge in [-0.3, -0.25) is 4.90 Å². The topological polar surface area (TPSA) is 32.7 Å². The molecule has 2 aliphatic heterocycles. The van der Waals surface area contributed by atoms with Crippen molar-refractivity contribution in [3.05, 3.63) is 29.8 Å². The molecule has 0 amide bonds. The molecule has 1 saturated heterocycles. The van der Waals surface area contributed by atoms with Crippen molar-refractivity contribution in [2.75, 3.05) is 26.3 Å². The zero-order chi connectivity index (χ0) is 12.4. The van der Waals surface area contributed by atoms with Gasteiger partial charge in [-0.15, -0.1) is 0 Å². The molecule has 0 aliphatic carbocycles. The number of nitrogens with zero attached hydrogens (tertiary/aromatic N) is 1. The average molecular weight is 247 g/mol. The van der Waals surface area contributed by atoms with Crippen molar-refractivity contribution in [1.82, 2.24) is 4.90 Å². The Morgan fingerprint density at radius 1 is 1.28 bits per heavy atom. The maximum atomic E-state index is 9.46. The molecule has 3 heteroatoms. The van der Waals surface area contributed by atoms with Crippen LogP contribution < -0.4 is 4.74 Å². The molecule has 0 radical (unpaired) electrons. The lowest BCUT2D eigenvalue weighted by Gasteiger charge is -2.35. The zero-order valence-electron chi connectivity index (χ0n) is 10.7. The molecule has 3 rings (SSSR count). The average Bonchev–Trinajstić information content (AvgIpc) is 2.83. The maximum absolute atomic E-state index is 9.46. The van der Waals surface area contributed by atoms with E-state index in [-0.39, 0.29) is 6.61 Å². The Morgan fingerprint density at radius 3 is 3.06 bits per heavy atom. The van der Waals surface area contributed by atoms with Crippen molar-refractivity contribution < 1.29 is 9.84 Å². The van der Waals surface area contributed by atoms with Crippen LogP contribution in [0, 0.1) is 0 Å². The first-order chi connectivity index (χ1) is 8.88. The highest BCUT2D eigenvalue weighted by molar-refractivity contribution is 5.39. The van der Waals surface area contributed by atoms with E-state index in [4.69, 9.17) is 4.74 Å².